The number of nitrogens with zero attached hydrogens (tertiary/aromatic N) is 6. The van der Waals surface area contributed by atoms with Crippen LogP contribution < -0.4 is 5.32 Å². The highest BCUT2D eigenvalue weighted by Crippen LogP contribution is 2.40. The van der Waals surface area contributed by atoms with Gasteiger partial charge in [-0.25, -0.2) is 4.98 Å². The number of nitrogens with one attached hydrogen (secondary N) is 3. The predicted molar refractivity (Wildman–Crippen MR) is 157 cm³/mol. The average molecular weight is 540 g/mol. The summed E-state index contributed by atoms with van der Waals surface area (Å²) in [6.07, 6.45) is 7.51. The lowest BCUT2D eigenvalue weighted by Crippen LogP contribution is -2.29. The van der Waals surface area contributed by atoms with Crippen LogP contribution in [0.15, 0.2) is 73.3 Å². The van der Waals surface area contributed by atoms with Crippen LogP contribution in [0.4, 0.5) is 5.69 Å². The van der Waals surface area contributed by atoms with Gasteiger partial charge in [-0.2, -0.15) is 10.2 Å². The van der Waals surface area contributed by atoms with E-state index in [0.717, 1.165) is 79.4 Å². The molecule has 0 bridgehead atoms. The van der Waals surface area contributed by atoms with Crippen molar-refractivity contribution in [3.05, 3.63) is 84.4 Å². The largest absolute Gasteiger partial charge is 0.326 e. The average Bonchev–Trinajstić information content (AvgIpc) is 3.77. The van der Waals surface area contributed by atoms with Crippen molar-refractivity contribution in [3.63, 3.8) is 0 Å². The molecule has 1 amide bonds. The third-order valence-corrected chi connectivity index (χ3v) is 8.19. The van der Waals surface area contributed by atoms with E-state index >= 15 is 0 Å². The van der Waals surface area contributed by atoms with Crippen LogP contribution in [0.25, 0.3) is 55.4 Å². The highest BCUT2D eigenvalue weighted by molar-refractivity contribution is 6.08. The van der Waals surface area contributed by atoms with E-state index in [1.807, 2.05) is 60.4 Å². The molecule has 8 rings (SSSR count). The number of pyridine rings is 1. The van der Waals surface area contributed by atoms with E-state index in [9.17, 15) is 4.79 Å². The lowest BCUT2D eigenvalue weighted by Gasteiger charge is -2.27. The molecule has 0 radical (unpaired) electrons. The molecule has 0 aliphatic heterocycles. The number of amides is 1. The molecule has 41 heavy (non-hydrogen) atoms. The summed E-state index contributed by atoms with van der Waals surface area (Å²) in [5, 5.41) is 29.1. The third kappa shape index (κ3) is 3.87. The van der Waals surface area contributed by atoms with E-state index < -0.39 is 0 Å². The summed E-state index contributed by atoms with van der Waals surface area (Å²) in [6, 6.07) is 18.0. The highest BCUT2D eigenvalue weighted by Gasteiger charge is 2.30. The van der Waals surface area contributed by atoms with Crippen molar-refractivity contribution in [3.8, 4) is 22.6 Å². The van der Waals surface area contributed by atoms with E-state index in [0.29, 0.717) is 6.42 Å². The van der Waals surface area contributed by atoms with Gasteiger partial charge in [-0.05, 0) is 78.9 Å². The van der Waals surface area contributed by atoms with Gasteiger partial charge < -0.3 is 9.88 Å². The summed E-state index contributed by atoms with van der Waals surface area (Å²) in [5.74, 6) is 0.611. The van der Waals surface area contributed by atoms with Gasteiger partial charge in [0.1, 0.15) is 6.33 Å². The van der Waals surface area contributed by atoms with Crippen LogP contribution in [0.1, 0.15) is 17.5 Å². The van der Waals surface area contributed by atoms with E-state index in [-0.39, 0.29) is 11.8 Å². The minimum atomic E-state index is -0.180. The zero-order valence-corrected chi connectivity index (χ0v) is 22.2. The van der Waals surface area contributed by atoms with E-state index in [4.69, 9.17) is 4.98 Å². The Morgan fingerprint density at radius 3 is 2.61 bits per heavy atom. The molecule has 10 nitrogen and oxygen atoms in total. The van der Waals surface area contributed by atoms with E-state index in [1.54, 1.807) is 6.33 Å². The van der Waals surface area contributed by atoms with Crippen LogP contribution in [0.5, 0.6) is 0 Å². The van der Waals surface area contributed by atoms with E-state index in [1.165, 1.54) is 5.56 Å². The Bertz CT molecular complexity index is 2100. The smallest absolute Gasteiger partial charge is 0.227 e. The van der Waals surface area contributed by atoms with Gasteiger partial charge in [0, 0.05) is 45.9 Å². The zero-order valence-electron chi connectivity index (χ0n) is 22.2. The maximum Gasteiger partial charge on any atom is 0.227 e. The number of aromatic nitrogens is 8. The minimum absolute atomic E-state index is 0.0138. The number of carbonyl (C=O) groups is 1. The van der Waals surface area contributed by atoms with Gasteiger partial charge in [-0.15, -0.1) is 10.2 Å². The lowest BCUT2D eigenvalue weighted by atomic mass is 9.79. The van der Waals surface area contributed by atoms with Gasteiger partial charge in [-0.3, -0.25) is 15.0 Å². The Balaban J connectivity index is 1.17. The Kier molecular flexibility index (Phi) is 5.21. The summed E-state index contributed by atoms with van der Waals surface area (Å²) >= 11 is 0. The molecule has 1 unspecified atom stereocenters. The van der Waals surface area contributed by atoms with Crippen LogP contribution in [0.3, 0.4) is 0 Å². The number of H-pyrrole nitrogens is 2. The number of benzene rings is 3. The monoisotopic (exact) mass is 539 g/mol. The van der Waals surface area contributed by atoms with Crippen LogP contribution >= 0.6 is 0 Å². The molecule has 0 saturated heterocycles. The topological polar surface area (TPSA) is 130 Å². The Morgan fingerprint density at radius 1 is 0.951 bits per heavy atom. The predicted octanol–water partition coefficient (Wildman–Crippen LogP) is 5.19. The quantitative estimate of drug-likeness (QED) is 0.282. The number of anilines is 1. The number of aryl methyl sites for hydroxylation is 2. The molecule has 0 fully saturated rings. The van der Waals surface area contributed by atoms with Gasteiger partial charge in [0.15, 0.2) is 5.82 Å². The summed E-state index contributed by atoms with van der Waals surface area (Å²) in [5.41, 5.74) is 8.91. The fraction of sp³-hybridized carbons (Fsp3) is 0.161. The number of fused-ring (bicyclic) bond motifs is 6. The van der Waals surface area contributed by atoms with Gasteiger partial charge in [0.2, 0.25) is 5.91 Å². The third-order valence-electron chi connectivity index (χ3n) is 8.19. The molecule has 4 aromatic heterocycles. The molecular weight excluding hydrogens is 514 g/mol. The van der Waals surface area contributed by atoms with Gasteiger partial charge in [0.25, 0.3) is 0 Å². The molecule has 4 heterocycles. The van der Waals surface area contributed by atoms with Gasteiger partial charge >= 0.3 is 0 Å². The summed E-state index contributed by atoms with van der Waals surface area (Å²) < 4.78 is 1.87. The normalized spacial score (nSPS) is 15.0. The molecule has 0 spiro atoms. The first kappa shape index (κ1) is 23.5. The number of aromatic amines is 2. The number of carbonyl (C=O) groups excluding carboxylic acids is 1. The fourth-order valence-electron chi connectivity index (χ4n) is 6.10. The lowest BCUT2D eigenvalue weighted by molar-refractivity contribution is -0.120. The van der Waals surface area contributed by atoms with Crippen LogP contribution in [0.2, 0.25) is 0 Å². The first-order chi connectivity index (χ1) is 20.1. The molecule has 1 aliphatic carbocycles. The number of hydrogen-bond acceptors (Lipinski definition) is 6. The van der Waals surface area contributed by atoms with E-state index in [2.05, 4.69) is 54.1 Å². The molecule has 3 aromatic carbocycles. The van der Waals surface area contributed by atoms with Crippen molar-refractivity contribution in [2.24, 2.45) is 13.0 Å². The standard InChI is InChI=1S/C31H25N9O/c1-40-16-34-39-30(40)17-2-6-21(7-3-17)35-31(41)19-4-8-22-23(13-19)29(18-5-9-25-20(12-18)14-32-37-25)36-27-11-10-26-24(28(22)27)15-33-38-26/h2-3,5-7,9-12,14-16,19H,4,8,13H2,1H3,(H,32,37)(H,33,38)(H,35,41). The van der Waals surface area contributed by atoms with Crippen LogP contribution in [-0.2, 0) is 24.7 Å². The summed E-state index contributed by atoms with van der Waals surface area (Å²) in [7, 11) is 1.91. The van der Waals surface area contributed by atoms with Crippen molar-refractivity contribution in [1.29, 1.82) is 0 Å². The first-order valence-corrected chi connectivity index (χ1v) is 13.6. The molecular formula is C31H25N9O. The SMILES string of the molecule is Cn1cnnc1-c1ccc(NC(=O)C2CCc3c(c(-c4ccc5[nH]ncc5c4)nc4ccc5[nH]ncc5c34)C2)cc1. The van der Waals surface area contributed by atoms with Crippen LogP contribution in [0, 0.1) is 5.92 Å². The molecule has 10 heteroatoms. The van der Waals surface area contributed by atoms with Crippen molar-refractivity contribution < 1.29 is 4.79 Å². The minimum Gasteiger partial charge on any atom is -0.326 e. The van der Waals surface area contributed by atoms with Crippen molar-refractivity contribution in [2.75, 3.05) is 5.32 Å². The Hall–Kier alpha value is -5.38. The first-order valence-electron chi connectivity index (χ1n) is 13.6. The van der Waals surface area contributed by atoms with Gasteiger partial charge in [-0.1, -0.05) is 6.07 Å². The molecule has 1 aliphatic rings. The van der Waals surface area contributed by atoms with Crippen molar-refractivity contribution in [2.45, 2.75) is 19.3 Å². The second-order valence-electron chi connectivity index (χ2n) is 10.7. The fourth-order valence-corrected chi connectivity index (χ4v) is 6.10. The molecule has 200 valence electrons. The van der Waals surface area contributed by atoms with Crippen molar-refractivity contribution in [1.82, 2.24) is 40.1 Å². The molecule has 7 aromatic rings. The van der Waals surface area contributed by atoms with Crippen LogP contribution in [-0.4, -0.2) is 46.1 Å². The molecule has 3 N–H and O–H groups in total. The molecule has 1 atom stereocenters. The zero-order chi connectivity index (χ0) is 27.5. The number of rotatable bonds is 4. The molecule has 0 saturated carbocycles. The maximum absolute atomic E-state index is 13.6. The number of hydrogen-bond donors (Lipinski definition) is 3. The Labute approximate surface area is 233 Å². The summed E-state index contributed by atoms with van der Waals surface area (Å²) in [4.78, 5) is 18.8. The summed E-state index contributed by atoms with van der Waals surface area (Å²) in [6.45, 7) is 0. The Morgan fingerprint density at radius 2 is 1.76 bits per heavy atom. The van der Waals surface area contributed by atoms with Crippen molar-refractivity contribution >= 4 is 44.3 Å². The second kappa shape index (κ2) is 9.09. The second-order valence-corrected chi connectivity index (χ2v) is 10.7. The van der Waals surface area contributed by atoms with Gasteiger partial charge in [0.05, 0.1) is 34.6 Å². The highest BCUT2D eigenvalue weighted by atomic mass is 16.1. The maximum atomic E-state index is 13.6.